The van der Waals surface area contributed by atoms with Crippen LogP contribution in [-0.4, -0.2) is 29.9 Å². The van der Waals surface area contributed by atoms with Crippen molar-refractivity contribution >= 4 is 5.91 Å². The predicted octanol–water partition coefficient (Wildman–Crippen LogP) is 0.789. The highest BCUT2D eigenvalue weighted by molar-refractivity contribution is 5.82. The number of nitrogens with two attached hydrogens (primary N) is 1. The summed E-state index contributed by atoms with van der Waals surface area (Å²) >= 11 is 0. The minimum Gasteiger partial charge on any atom is -0.338 e. The van der Waals surface area contributed by atoms with Crippen molar-refractivity contribution in [2.75, 3.05) is 13.1 Å². The average Bonchev–Trinajstić information content (AvgIpc) is 2.27. The van der Waals surface area contributed by atoms with E-state index in [-0.39, 0.29) is 11.9 Å². The van der Waals surface area contributed by atoms with Gasteiger partial charge in [0.25, 0.3) is 0 Å². The summed E-state index contributed by atoms with van der Waals surface area (Å²) in [5.41, 5.74) is 6.94. The third kappa shape index (κ3) is 2.18. The summed E-state index contributed by atoms with van der Waals surface area (Å²) in [4.78, 5) is 13.2. The Kier molecular flexibility index (Phi) is 3.02. The van der Waals surface area contributed by atoms with Crippen LogP contribution in [0.2, 0.25) is 0 Å². The van der Waals surface area contributed by atoms with Crippen LogP contribution in [0.5, 0.6) is 0 Å². The van der Waals surface area contributed by atoms with Gasteiger partial charge in [-0.1, -0.05) is 30.3 Å². The van der Waals surface area contributed by atoms with E-state index in [1.807, 2.05) is 23.1 Å². The van der Waals surface area contributed by atoms with Gasteiger partial charge < -0.3 is 10.6 Å². The number of carbonyl (C=O) groups excluding carboxylic acids is 1. The van der Waals surface area contributed by atoms with Crippen molar-refractivity contribution < 1.29 is 4.79 Å². The molecule has 1 atom stereocenters. The Morgan fingerprint density at radius 2 is 2.07 bits per heavy atom. The quantitative estimate of drug-likeness (QED) is 0.737. The lowest BCUT2D eigenvalue weighted by Gasteiger charge is -2.37. The molecule has 1 saturated heterocycles. The highest BCUT2D eigenvalue weighted by Gasteiger charge is 2.29. The van der Waals surface area contributed by atoms with Crippen LogP contribution >= 0.6 is 0 Å². The molecule has 1 aromatic carbocycles. The molecule has 0 spiro atoms. The van der Waals surface area contributed by atoms with Crippen LogP contribution in [0.4, 0.5) is 0 Å². The fourth-order valence-corrected chi connectivity index (χ4v) is 1.93. The first-order valence-electron chi connectivity index (χ1n) is 5.34. The highest BCUT2D eigenvalue weighted by atomic mass is 16.2. The molecule has 0 aromatic heterocycles. The second-order valence-corrected chi connectivity index (χ2v) is 3.92. The van der Waals surface area contributed by atoms with Gasteiger partial charge in [-0.3, -0.25) is 4.79 Å². The van der Waals surface area contributed by atoms with Gasteiger partial charge in [0.1, 0.15) is 0 Å². The molecule has 1 unspecified atom stereocenters. The number of amides is 1. The van der Waals surface area contributed by atoms with E-state index < -0.39 is 0 Å². The Morgan fingerprint density at radius 3 is 2.53 bits per heavy atom. The molecule has 0 radical (unpaired) electrons. The fraction of sp³-hybridized carbons (Fsp3) is 0.417. The number of hydrogen-bond acceptors (Lipinski definition) is 2. The van der Waals surface area contributed by atoms with Crippen molar-refractivity contribution in [3.05, 3.63) is 35.9 Å². The summed E-state index contributed by atoms with van der Waals surface area (Å²) in [5.74, 6) is 0.237. The SMILES string of the molecule is NCC(Cc1ccccc1)N1CCC1=O. The highest BCUT2D eigenvalue weighted by Crippen LogP contribution is 2.16. The molecule has 1 fully saturated rings. The van der Waals surface area contributed by atoms with E-state index >= 15 is 0 Å². The molecule has 15 heavy (non-hydrogen) atoms. The molecule has 1 aliphatic heterocycles. The van der Waals surface area contributed by atoms with Gasteiger partial charge in [0, 0.05) is 25.6 Å². The molecule has 1 aromatic rings. The van der Waals surface area contributed by atoms with Crippen molar-refractivity contribution in [3.63, 3.8) is 0 Å². The van der Waals surface area contributed by atoms with Crippen molar-refractivity contribution in [1.29, 1.82) is 0 Å². The number of hydrogen-bond donors (Lipinski definition) is 1. The lowest BCUT2D eigenvalue weighted by Crippen LogP contribution is -2.53. The molecule has 2 N–H and O–H groups in total. The zero-order chi connectivity index (χ0) is 10.7. The smallest absolute Gasteiger partial charge is 0.224 e. The summed E-state index contributed by atoms with van der Waals surface area (Å²) in [6.07, 6.45) is 1.55. The number of rotatable bonds is 4. The van der Waals surface area contributed by atoms with E-state index in [1.54, 1.807) is 0 Å². The molecule has 0 saturated carbocycles. The maximum Gasteiger partial charge on any atom is 0.224 e. The van der Waals surface area contributed by atoms with Gasteiger partial charge in [-0.25, -0.2) is 0 Å². The molecule has 1 amide bonds. The van der Waals surface area contributed by atoms with E-state index in [0.717, 1.165) is 13.0 Å². The van der Waals surface area contributed by atoms with Crippen molar-refractivity contribution in [1.82, 2.24) is 4.90 Å². The molecular weight excluding hydrogens is 188 g/mol. The molecular formula is C12H16N2O. The van der Waals surface area contributed by atoms with Gasteiger partial charge in [0.15, 0.2) is 0 Å². The van der Waals surface area contributed by atoms with E-state index in [0.29, 0.717) is 13.0 Å². The van der Waals surface area contributed by atoms with E-state index in [9.17, 15) is 4.79 Å². The molecule has 1 heterocycles. The van der Waals surface area contributed by atoms with Crippen LogP contribution in [0.25, 0.3) is 0 Å². The van der Waals surface area contributed by atoms with E-state index in [1.165, 1.54) is 5.56 Å². The van der Waals surface area contributed by atoms with Crippen LogP contribution in [0, 0.1) is 0 Å². The summed E-state index contributed by atoms with van der Waals surface area (Å²) < 4.78 is 0. The first-order valence-corrected chi connectivity index (χ1v) is 5.34. The predicted molar refractivity (Wildman–Crippen MR) is 59.3 cm³/mol. The molecule has 1 aliphatic rings. The molecule has 80 valence electrons. The Bertz CT molecular complexity index is 337. The zero-order valence-electron chi connectivity index (χ0n) is 8.73. The van der Waals surface area contributed by atoms with Gasteiger partial charge in [0.05, 0.1) is 0 Å². The van der Waals surface area contributed by atoms with Crippen LogP contribution in [0.3, 0.4) is 0 Å². The monoisotopic (exact) mass is 204 g/mol. The topological polar surface area (TPSA) is 46.3 Å². The third-order valence-electron chi connectivity index (χ3n) is 2.91. The number of benzene rings is 1. The second kappa shape index (κ2) is 4.45. The van der Waals surface area contributed by atoms with Gasteiger partial charge in [-0.05, 0) is 12.0 Å². The standard InChI is InChI=1S/C12H16N2O/c13-9-11(14-7-6-12(14)15)8-10-4-2-1-3-5-10/h1-5,11H,6-9,13H2. The Balaban J connectivity index is 1.99. The van der Waals surface area contributed by atoms with Crippen molar-refractivity contribution in [2.24, 2.45) is 5.73 Å². The summed E-state index contributed by atoms with van der Waals surface area (Å²) in [6.45, 7) is 1.41. The largest absolute Gasteiger partial charge is 0.338 e. The maximum atomic E-state index is 11.3. The Hall–Kier alpha value is -1.35. The molecule has 0 aliphatic carbocycles. The minimum absolute atomic E-state index is 0.175. The molecule has 3 heteroatoms. The Labute approximate surface area is 89.9 Å². The van der Waals surface area contributed by atoms with Crippen LogP contribution in [0.1, 0.15) is 12.0 Å². The third-order valence-corrected chi connectivity index (χ3v) is 2.91. The first-order chi connectivity index (χ1) is 7.31. The van der Waals surface area contributed by atoms with Crippen molar-refractivity contribution in [2.45, 2.75) is 18.9 Å². The first kappa shape index (κ1) is 10.2. The van der Waals surface area contributed by atoms with Gasteiger partial charge in [-0.15, -0.1) is 0 Å². The second-order valence-electron chi connectivity index (χ2n) is 3.92. The normalized spacial score (nSPS) is 17.4. The maximum absolute atomic E-state index is 11.3. The summed E-state index contributed by atoms with van der Waals surface area (Å²) in [7, 11) is 0. The number of carbonyl (C=O) groups is 1. The average molecular weight is 204 g/mol. The van der Waals surface area contributed by atoms with Gasteiger partial charge in [0.2, 0.25) is 5.91 Å². The number of likely N-dealkylation sites (tertiary alicyclic amines) is 1. The fourth-order valence-electron chi connectivity index (χ4n) is 1.93. The van der Waals surface area contributed by atoms with Crippen LogP contribution < -0.4 is 5.73 Å². The van der Waals surface area contributed by atoms with Crippen LogP contribution in [-0.2, 0) is 11.2 Å². The Morgan fingerprint density at radius 1 is 1.33 bits per heavy atom. The zero-order valence-corrected chi connectivity index (χ0v) is 8.73. The summed E-state index contributed by atoms with van der Waals surface area (Å²) in [6, 6.07) is 10.4. The molecule has 0 bridgehead atoms. The van der Waals surface area contributed by atoms with Crippen LogP contribution in [0.15, 0.2) is 30.3 Å². The van der Waals surface area contributed by atoms with E-state index in [4.69, 9.17) is 5.73 Å². The van der Waals surface area contributed by atoms with Gasteiger partial charge in [-0.2, -0.15) is 0 Å². The van der Waals surface area contributed by atoms with E-state index in [2.05, 4.69) is 12.1 Å². The lowest BCUT2D eigenvalue weighted by atomic mass is 10.0. The lowest BCUT2D eigenvalue weighted by molar-refractivity contribution is -0.142. The molecule has 3 nitrogen and oxygen atoms in total. The minimum atomic E-state index is 0.175. The summed E-state index contributed by atoms with van der Waals surface area (Å²) in [5, 5.41) is 0. The van der Waals surface area contributed by atoms with Gasteiger partial charge >= 0.3 is 0 Å². The number of nitrogens with zero attached hydrogens (tertiary/aromatic N) is 1. The van der Waals surface area contributed by atoms with Crippen molar-refractivity contribution in [3.8, 4) is 0 Å². The molecule has 2 rings (SSSR count). The number of β-lactam (4-membered cyclic amide) rings is 1.